The fraction of sp³-hybridized carbons (Fsp3) is 0.0833. The fourth-order valence-corrected chi connectivity index (χ4v) is 2.50. The summed E-state index contributed by atoms with van der Waals surface area (Å²) in [7, 11) is 0. The van der Waals surface area contributed by atoms with E-state index in [2.05, 4.69) is 5.32 Å². The van der Waals surface area contributed by atoms with Crippen molar-refractivity contribution in [1.82, 2.24) is 0 Å². The molecule has 0 saturated heterocycles. The lowest BCUT2D eigenvalue weighted by atomic mass is 10.2. The summed E-state index contributed by atoms with van der Waals surface area (Å²) in [6.45, 7) is 0.375. The van der Waals surface area contributed by atoms with Gasteiger partial charge in [-0.1, -0.05) is 22.9 Å². The van der Waals surface area contributed by atoms with Crippen LogP contribution in [0.1, 0.15) is 15.2 Å². The highest BCUT2D eigenvalue weighted by Crippen LogP contribution is 2.27. The number of thiophene rings is 1. The highest BCUT2D eigenvalue weighted by Gasteiger charge is 2.10. The van der Waals surface area contributed by atoms with Crippen LogP contribution in [0.5, 0.6) is 0 Å². The van der Waals surface area contributed by atoms with Crippen molar-refractivity contribution in [2.45, 2.75) is 6.54 Å². The number of amides is 1. The Morgan fingerprint density at radius 3 is 2.75 bits per heavy atom. The van der Waals surface area contributed by atoms with Crippen molar-refractivity contribution in [2.24, 2.45) is 5.73 Å². The van der Waals surface area contributed by atoms with Crippen molar-refractivity contribution in [3.63, 3.8) is 0 Å². The van der Waals surface area contributed by atoms with Gasteiger partial charge in [0.25, 0.3) is 0 Å². The number of hydrogen-bond acceptors (Lipinski definition) is 5. The Hall–Kier alpha value is -2.12. The normalized spacial score (nSPS) is 10.2. The molecule has 2 rings (SSSR count). The van der Waals surface area contributed by atoms with E-state index in [0.29, 0.717) is 22.8 Å². The van der Waals surface area contributed by atoms with Gasteiger partial charge in [0.1, 0.15) is 0 Å². The summed E-state index contributed by atoms with van der Waals surface area (Å²) in [6.07, 6.45) is 0. The van der Waals surface area contributed by atoms with Gasteiger partial charge in [-0.3, -0.25) is 14.9 Å². The molecule has 1 aromatic heterocycles. The van der Waals surface area contributed by atoms with Crippen LogP contribution in [-0.2, 0) is 6.54 Å². The second-order valence-corrected chi connectivity index (χ2v) is 5.46. The molecule has 0 radical (unpaired) electrons. The Morgan fingerprint density at radius 2 is 2.15 bits per heavy atom. The minimum Gasteiger partial charge on any atom is -0.379 e. The Kier molecular flexibility index (Phi) is 4.21. The number of nitrogens with zero attached hydrogens (tertiary/aromatic N) is 1. The van der Waals surface area contributed by atoms with Crippen LogP contribution in [0.3, 0.4) is 0 Å². The van der Waals surface area contributed by atoms with Gasteiger partial charge < -0.3 is 11.1 Å². The third-order valence-electron chi connectivity index (χ3n) is 2.53. The van der Waals surface area contributed by atoms with E-state index >= 15 is 0 Å². The molecule has 0 spiro atoms. The molecule has 0 atom stereocenters. The van der Waals surface area contributed by atoms with Crippen LogP contribution in [0.2, 0.25) is 5.02 Å². The van der Waals surface area contributed by atoms with Gasteiger partial charge in [-0.15, -0.1) is 0 Å². The van der Waals surface area contributed by atoms with Gasteiger partial charge >= 0.3 is 5.00 Å². The topological polar surface area (TPSA) is 98.3 Å². The number of hydrogen-bond donors (Lipinski definition) is 2. The number of benzene rings is 1. The molecule has 1 amide bonds. The molecule has 0 aliphatic heterocycles. The summed E-state index contributed by atoms with van der Waals surface area (Å²) in [5.74, 6) is -0.545. The van der Waals surface area contributed by atoms with Crippen molar-refractivity contribution >= 4 is 39.5 Å². The van der Waals surface area contributed by atoms with Gasteiger partial charge in [0, 0.05) is 23.1 Å². The molecule has 3 N–H and O–H groups in total. The molecule has 0 unspecified atom stereocenters. The van der Waals surface area contributed by atoms with Crippen molar-refractivity contribution in [3.8, 4) is 0 Å². The molecule has 104 valence electrons. The minimum atomic E-state index is -0.545. The third kappa shape index (κ3) is 3.25. The second kappa shape index (κ2) is 5.89. The molecule has 0 saturated carbocycles. The average Bonchev–Trinajstić information content (AvgIpc) is 2.86. The van der Waals surface area contributed by atoms with E-state index in [1.54, 1.807) is 18.2 Å². The number of carbonyl (C=O) groups is 1. The fourth-order valence-electron chi connectivity index (χ4n) is 1.56. The summed E-state index contributed by atoms with van der Waals surface area (Å²) < 4.78 is 0. The van der Waals surface area contributed by atoms with E-state index in [1.807, 2.05) is 0 Å². The summed E-state index contributed by atoms with van der Waals surface area (Å²) in [5.41, 5.74) is 6.09. The van der Waals surface area contributed by atoms with E-state index < -0.39 is 10.8 Å². The van der Waals surface area contributed by atoms with Crippen LogP contribution in [0, 0.1) is 10.1 Å². The lowest BCUT2D eigenvalue weighted by Crippen LogP contribution is -2.11. The number of nitro groups is 1. The maximum Gasteiger partial charge on any atom is 0.324 e. The largest absolute Gasteiger partial charge is 0.379 e. The summed E-state index contributed by atoms with van der Waals surface area (Å²) in [4.78, 5) is 22.0. The molecule has 1 heterocycles. The van der Waals surface area contributed by atoms with Crippen LogP contribution < -0.4 is 11.1 Å². The minimum absolute atomic E-state index is 0.0822. The van der Waals surface area contributed by atoms with Gasteiger partial charge in [-0.25, -0.2) is 0 Å². The standard InChI is InChI=1S/C12H10ClN3O3S/c13-9-3-1-7(12(14)17)5-10(9)15-6-8-2-4-11(20-8)16(18)19/h1-5,15H,6H2,(H2,14,17). The molecule has 20 heavy (non-hydrogen) atoms. The van der Waals surface area contributed by atoms with Crippen molar-refractivity contribution in [2.75, 3.05) is 5.32 Å². The van der Waals surface area contributed by atoms with Crippen molar-refractivity contribution < 1.29 is 9.72 Å². The van der Waals surface area contributed by atoms with E-state index in [0.717, 1.165) is 16.2 Å². The molecule has 0 fully saturated rings. The average molecular weight is 312 g/mol. The van der Waals surface area contributed by atoms with Crippen molar-refractivity contribution in [3.05, 3.63) is 55.9 Å². The maximum absolute atomic E-state index is 11.1. The third-order valence-corrected chi connectivity index (χ3v) is 3.90. The Labute approximate surface area is 123 Å². The predicted octanol–water partition coefficient (Wildman–Crippen LogP) is 3.02. The van der Waals surface area contributed by atoms with Gasteiger partial charge in [-0.05, 0) is 24.3 Å². The molecular weight excluding hydrogens is 302 g/mol. The van der Waals surface area contributed by atoms with Gasteiger partial charge in [0.15, 0.2) is 0 Å². The van der Waals surface area contributed by atoms with E-state index in [4.69, 9.17) is 17.3 Å². The highest BCUT2D eigenvalue weighted by atomic mass is 35.5. The number of primary amides is 1. The van der Waals surface area contributed by atoms with Crippen LogP contribution >= 0.6 is 22.9 Å². The SMILES string of the molecule is NC(=O)c1ccc(Cl)c(NCc2ccc([N+](=O)[O-])s2)c1. The summed E-state index contributed by atoms with van der Waals surface area (Å²) >= 11 is 7.08. The van der Waals surface area contributed by atoms with Crippen LogP contribution in [-0.4, -0.2) is 10.8 Å². The smallest absolute Gasteiger partial charge is 0.324 e. The number of carbonyl (C=O) groups excluding carboxylic acids is 1. The van der Waals surface area contributed by atoms with Gasteiger partial charge in [0.2, 0.25) is 5.91 Å². The first-order valence-corrected chi connectivity index (χ1v) is 6.73. The first-order valence-electron chi connectivity index (χ1n) is 5.53. The van der Waals surface area contributed by atoms with E-state index in [9.17, 15) is 14.9 Å². The maximum atomic E-state index is 11.1. The molecule has 0 aliphatic carbocycles. The summed E-state index contributed by atoms with van der Waals surface area (Å²) in [5, 5.41) is 14.1. The lowest BCUT2D eigenvalue weighted by molar-refractivity contribution is -0.380. The molecule has 2 aromatic rings. The van der Waals surface area contributed by atoms with Gasteiger partial charge in [0.05, 0.1) is 15.6 Å². The first kappa shape index (κ1) is 14.3. The molecular formula is C12H10ClN3O3S. The first-order chi connectivity index (χ1) is 9.47. The number of anilines is 1. The number of halogens is 1. The monoisotopic (exact) mass is 311 g/mol. The molecule has 6 nitrogen and oxygen atoms in total. The molecule has 0 bridgehead atoms. The number of rotatable bonds is 5. The zero-order chi connectivity index (χ0) is 14.7. The summed E-state index contributed by atoms with van der Waals surface area (Å²) in [6, 6.07) is 7.77. The quantitative estimate of drug-likeness (QED) is 0.655. The van der Waals surface area contributed by atoms with E-state index in [1.165, 1.54) is 12.1 Å². The molecule has 0 aliphatic rings. The number of nitrogens with one attached hydrogen (secondary N) is 1. The Bertz CT molecular complexity index is 672. The predicted molar refractivity (Wildman–Crippen MR) is 78.3 cm³/mol. The van der Waals surface area contributed by atoms with E-state index in [-0.39, 0.29) is 5.00 Å². The Morgan fingerprint density at radius 1 is 1.40 bits per heavy atom. The zero-order valence-electron chi connectivity index (χ0n) is 10.1. The van der Waals surface area contributed by atoms with Crippen LogP contribution in [0.15, 0.2) is 30.3 Å². The van der Waals surface area contributed by atoms with Crippen molar-refractivity contribution in [1.29, 1.82) is 0 Å². The Balaban J connectivity index is 2.11. The number of nitrogens with two attached hydrogens (primary N) is 1. The van der Waals surface area contributed by atoms with Crippen LogP contribution in [0.4, 0.5) is 10.7 Å². The highest BCUT2D eigenvalue weighted by molar-refractivity contribution is 7.15. The molecule has 1 aromatic carbocycles. The molecule has 8 heteroatoms. The zero-order valence-corrected chi connectivity index (χ0v) is 11.7. The van der Waals surface area contributed by atoms with Crippen LogP contribution in [0.25, 0.3) is 0 Å². The lowest BCUT2D eigenvalue weighted by Gasteiger charge is -2.08. The van der Waals surface area contributed by atoms with Gasteiger partial charge in [-0.2, -0.15) is 0 Å². The second-order valence-electron chi connectivity index (χ2n) is 3.91.